The van der Waals surface area contributed by atoms with Gasteiger partial charge in [-0.05, 0) is 12.8 Å². The minimum absolute atomic E-state index is 0.270. The molecule has 1 atom stereocenters. The topological polar surface area (TPSA) is 30.5 Å². The fraction of sp³-hybridized carbons (Fsp3) is 1.00. The third-order valence-electron chi connectivity index (χ3n) is 3.13. The average Bonchev–Trinajstić information content (AvgIpc) is 2.19. The Morgan fingerprint density at radius 3 is 2.50 bits per heavy atom. The lowest BCUT2D eigenvalue weighted by Gasteiger charge is -2.40. The maximum absolute atomic E-state index is 5.87. The van der Waals surface area contributed by atoms with E-state index in [0.29, 0.717) is 11.3 Å². The highest BCUT2D eigenvalue weighted by Crippen LogP contribution is 2.26. The largest absolute Gasteiger partial charge is 0.381 e. The van der Waals surface area contributed by atoms with Gasteiger partial charge in [-0.3, -0.25) is 5.32 Å². The van der Waals surface area contributed by atoms with Gasteiger partial charge in [0.15, 0.2) is 0 Å². The summed E-state index contributed by atoms with van der Waals surface area (Å²) in [4.78, 5) is 0. The SMILES string of the molecule is CC1(C)CNC(C2CCOCC2)OC1. The van der Waals surface area contributed by atoms with Crippen molar-refractivity contribution in [2.45, 2.75) is 32.9 Å². The zero-order valence-electron chi connectivity index (χ0n) is 9.21. The third kappa shape index (κ3) is 2.47. The maximum atomic E-state index is 5.87. The van der Waals surface area contributed by atoms with Gasteiger partial charge in [0.2, 0.25) is 0 Å². The zero-order valence-corrected chi connectivity index (χ0v) is 9.21. The van der Waals surface area contributed by atoms with E-state index in [9.17, 15) is 0 Å². The van der Waals surface area contributed by atoms with E-state index in [2.05, 4.69) is 19.2 Å². The summed E-state index contributed by atoms with van der Waals surface area (Å²) in [7, 11) is 0. The standard InChI is InChI=1S/C11H21NO2/c1-11(2)7-12-10(14-8-11)9-3-5-13-6-4-9/h9-10,12H,3-8H2,1-2H3. The highest BCUT2D eigenvalue weighted by molar-refractivity contribution is 4.81. The lowest BCUT2D eigenvalue weighted by molar-refractivity contribution is -0.104. The molecule has 3 nitrogen and oxygen atoms in total. The van der Waals surface area contributed by atoms with Crippen LogP contribution in [0.2, 0.25) is 0 Å². The minimum Gasteiger partial charge on any atom is -0.381 e. The molecule has 1 N–H and O–H groups in total. The van der Waals surface area contributed by atoms with E-state index in [1.807, 2.05) is 0 Å². The van der Waals surface area contributed by atoms with Gasteiger partial charge in [-0.15, -0.1) is 0 Å². The van der Waals surface area contributed by atoms with Crippen molar-refractivity contribution in [3.8, 4) is 0 Å². The normalized spacial score (nSPS) is 34.3. The van der Waals surface area contributed by atoms with Crippen molar-refractivity contribution in [1.82, 2.24) is 5.32 Å². The predicted octanol–water partition coefficient (Wildman–Crippen LogP) is 1.39. The van der Waals surface area contributed by atoms with Crippen molar-refractivity contribution < 1.29 is 9.47 Å². The summed E-state index contributed by atoms with van der Waals surface area (Å²) in [5, 5.41) is 3.50. The van der Waals surface area contributed by atoms with Crippen LogP contribution in [-0.4, -0.2) is 32.6 Å². The molecule has 2 aliphatic heterocycles. The second-order valence-electron chi connectivity index (χ2n) is 5.23. The van der Waals surface area contributed by atoms with Gasteiger partial charge in [-0.25, -0.2) is 0 Å². The molecular formula is C11H21NO2. The van der Waals surface area contributed by atoms with E-state index in [1.54, 1.807) is 0 Å². The van der Waals surface area contributed by atoms with Crippen molar-refractivity contribution in [3.63, 3.8) is 0 Å². The van der Waals surface area contributed by atoms with Crippen LogP contribution < -0.4 is 5.32 Å². The van der Waals surface area contributed by atoms with Crippen LogP contribution in [0.25, 0.3) is 0 Å². The van der Waals surface area contributed by atoms with Gasteiger partial charge >= 0.3 is 0 Å². The highest BCUT2D eigenvalue weighted by atomic mass is 16.5. The van der Waals surface area contributed by atoms with Crippen LogP contribution in [0.15, 0.2) is 0 Å². The lowest BCUT2D eigenvalue weighted by atomic mass is 9.90. The van der Waals surface area contributed by atoms with Gasteiger partial charge in [0, 0.05) is 31.1 Å². The zero-order chi connectivity index (χ0) is 10.0. The number of ether oxygens (including phenoxy) is 2. The molecule has 0 amide bonds. The molecule has 3 heteroatoms. The van der Waals surface area contributed by atoms with Crippen molar-refractivity contribution in [2.75, 3.05) is 26.4 Å². The first-order chi connectivity index (χ1) is 6.67. The first-order valence-electron chi connectivity index (χ1n) is 5.60. The van der Waals surface area contributed by atoms with Gasteiger partial charge in [-0.1, -0.05) is 13.8 Å². The van der Waals surface area contributed by atoms with E-state index in [0.717, 1.165) is 39.2 Å². The Morgan fingerprint density at radius 1 is 1.21 bits per heavy atom. The van der Waals surface area contributed by atoms with Crippen LogP contribution in [0.3, 0.4) is 0 Å². The van der Waals surface area contributed by atoms with Crippen molar-refractivity contribution in [1.29, 1.82) is 0 Å². The molecule has 0 saturated carbocycles. The third-order valence-corrected chi connectivity index (χ3v) is 3.13. The fourth-order valence-electron chi connectivity index (χ4n) is 2.12. The smallest absolute Gasteiger partial charge is 0.111 e. The molecule has 0 bridgehead atoms. The van der Waals surface area contributed by atoms with E-state index >= 15 is 0 Å². The summed E-state index contributed by atoms with van der Waals surface area (Å²) in [6.07, 6.45) is 2.54. The molecule has 2 heterocycles. The lowest BCUT2D eigenvalue weighted by Crippen LogP contribution is -2.51. The molecule has 0 spiro atoms. The molecule has 14 heavy (non-hydrogen) atoms. The van der Waals surface area contributed by atoms with Crippen LogP contribution in [0, 0.1) is 11.3 Å². The van der Waals surface area contributed by atoms with Crippen LogP contribution in [-0.2, 0) is 9.47 Å². The second kappa shape index (κ2) is 4.17. The molecule has 82 valence electrons. The minimum atomic E-state index is 0.270. The van der Waals surface area contributed by atoms with E-state index in [-0.39, 0.29) is 6.23 Å². The molecule has 0 aromatic carbocycles. The van der Waals surface area contributed by atoms with Gasteiger partial charge in [0.1, 0.15) is 6.23 Å². The number of nitrogens with one attached hydrogen (secondary N) is 1. The van der Waals surface area contributed by atoms with Crippen molar-refractivity contribution >= 4 is 0 Å². The number of hydrogen-bond acceptors (Lipinski definition) is 3. The van der Waals surface area contributed by atoms with E-state index < -0.39 is 0 Å². The van der Waals surface area contributed by atoms with Gasteiger partial charge in [0.25, 0.3) is 0 Å². The van der Waals surface area contributed by atoms with Gasteiger partial charge < -0.3 is 9.47 Å². The van der Waals surface area contributed by atoms with E-state index in [4.69, 9.17) is 9.47 Å². The van der Waals surface area contributed by atoms with E-state index in [1.165, 1.54) is 0 Å². The summed E-state index contributed by atoms with van der Waals surface area (Å²) in [6, 6.07) is 0. The summed E-state index contributed by atoms with van der Waals surface area (Å²) in [5.74, 6) is 0.653. The molecule has 1 unspecified atom stereocenters. The van der Waals surface area contributed by atoms with Gasteiger partial charge in [-0.2, -0.15) is 0 Å². The molecule has 2 fully saturated rings. The summed E-state index contributed by atoms with van der Waals surface area (Å²) < 4.78 is 11.2. The molecule has 0 aromatic heterocycles. The fourth-order valence-corrected chi connectivity index (χ4v) is 2.12. The molecular weight excluding hydrogens is 178 g/mol. The molecule has 2 rings (SSSR count). The molecule has 2 aliphatic rings. The molecule has 0 radical (unpaired) electrons. The Kier molecular flexibility index (Phi) is 3.10. The van der Waals surface area contributed by atoms with Crippen LogP contribution in [0.4, 0.5) is 0 Å². The Bertz CT molecular complexity index is 178. The number of rotatable bonds is 1. The number of hydrogen-bond donors (Lipinski definition) is 1. The van der Waals surface area contributed by atoms with Crippen LogP contribution in [0.5, 0.6) is 0 Å². The summed E-state index contributed by atoms with van der Waals surface area (Å²) in [6.45, 7) is 8.21. The summed E-state index contributed by atoms with van der Waals surface area (Å²) in [5.41, 5.74) is 0.293. The Balaban J connectivity index is 1.82. The Labute approximate surface area is 86.2 Å². The molecule has 2 saturated heterocycles. The first-order valence-corrected chi connectivity index (χ1v) is 5.60. The van der Waals surface area contributed by atoms with Crippen molar-refractivity contribution in [3.05, 3.63) is 0 Å². The summed E-state index contributed by atoms with van der Waals surface area (Å²) >= 11 is 0. The molecule has 0 aromatic rings. The predicted molar refractivity (Wildman–Crippen MR) is 55.1 cm³/mol. The second-order valence-corrected chi connectivity index (χ2v) is 5.23. The monoisotopic (exact) mass is 199 g/mol. The average molecular weight is 199 g/mol. The molecule has 0 aliphatic carbocycles. The highest BCUT2D eigenvalue weighted by Gasteiger charge is 2.32. The van der Waals surface area contributed by atoms with Gasteiger partial charge in [0.05, 0.1) is 6.61 Å². The quantitative estimate of drug-likeness (QED) is 0.692. The first kappa shape index (κ1) is 10.4. The Morgan fingerprint density at radius 2 is 1.93 bits per heavy atom. The van der Waals surface area contributed by atoms with Crippen molar-refractivity contribution in [2.24, 2.45) is 11.3 Å². The van der Waals surface area contributed by atoms with Crippen LogP contribution >= 0.6 is 0 Å². The Hall–Kier alpha value is -0.120. The van der Waals surface area contributed by atoms with Crippen LogP contribution in [0.1, 0.15) is 26.7 Å². The maximum Gasteiger partial charge on any atom is 0.111 e.